The number of carbonyl (C=O) groups is 1. The van der Waals surface area contributed by atoms with E-state index in [2.05, 4.69) is 38.3 Å². The van der Waals surface area contributed by atoms with Gasteiger partial charge in [-0.3, -0.25) is 4.68 Å². The number of carbonyl (C=O) groups excluding carboxylic acids is 1. The number of rotatable bonds is 8. The average Bonchev–Trinajstić information content (AvgIpc) is 3.07. The molecule has 2 aromatic carbocycles. The van der Waals surface area contributed by atoms with Gasteiger partial charge in [0.1, 0.15) is 18.1 Å². The Kier molecular flexibility index (Phi) is 7.85. The molecule has 2 N–H and O–H groups in total. The minimum Gasteiger partial charge on any atom is -0.492 e. The number of aryl methyl sites for hydroxylation is 1. The van der Waals surface area contributed by atoms with Crippen LogP contribution in [0.2, 0.25) is 0 Å². The molecule has 0 fully saturated rings. The van der Waals surface area contributed by atoms with E-state index in [9.17, 15) is 9.18 Å². The van der Waals surface area contributed by atoms with E-state index in [0.29, 0.717) is 41.5 Å². The number of amides is 2. The van der Waals surface area contributed by atoms with Crippen LogP contribution < -0.4 is 15.4 Å². The number of benzene rings is 2. The fourth-order valence-electron chi connectivity index (χ4n) is 2.94. The van der Waals surface area contributed by atoms with Crippen LogP contribution >= 0.6 is 22.6 Å². The molecule has 0 spiro atoms. The summed E-state index contributed by atoms with van der Waals surface area (Å²) < 4.78 is 22.7. The Balaban J connectivity index is 1.80. The predicted molar refractivity (Wildman–Crippen MR) is 129 cm³/mol. The van der Waals surface area contributed by atoms with Crippen molar-refractivity contribution >= 4 is 40.0 Å². The first-order chi connectivity index (χ1) is 14.9. The third-order valence-corrected chi connectivity index (χ3v) is 5.43. The molecule has 0 unspecified atom stereocenters. The number of urea groups is 1. The van der Waals surface area contributed by atoms with Crippen LogP contribution in [0.25, 0.3) is 11.3 Å². The summed E-state index contributed by atoms with van der Waals surface area (Å²) in [7, 11) is 5.56. The molecule has 3 rings (SSSR count). The van der Waals surface area contributed by atoms with E-state index in [0.717, 1.165) is 10.6 Å². The second kappa shape index (κ2) is 10.6. The van der Waals surface area contributed by atoms with Crippen molar-refractivity contribution in [3.8, 4) is 17.0 Å². The molecule has 164 valence electrons. The summed E-state index contributed by atoms with van der Waals surface area (Å²) in [4.78, 5) is 14.4. The number of anilines is 2. The third kappa shape index (κ3) is 6.17. The van der Waals surface area contributed by atoms with Crippen LogP contribution in [0.1, 0.15) is 5.56 Å². The zero-order valence-electron chi connectivity index (χ0n) is 17.7. The predicted octanol–water partition coefficient (Wildman–Crippen LogP) is 4.75. The van der Waals surface area contributed by atoms with Crippen LogP contribution in [-0.4, -0.2) is 48.0 Å². The molecular formula is C22H25FIN5O2. The van der Waals surface area contributed by atoms with Crippen molar-refractivity contribution in [2.45, 2.75) is 4.43 Å². The van der Waals surface area contributed by atoms with Gasteiger partial charge < -0.3 is 20.3 Å². The van der Waals surface area contributed by atoms with E-state index in [1.54, 1.807) is 25.2 Å². The summed E-state index contributed by atoms with van der Waals surface area (Å²) >= 11 is 2.29. The molecule has 1 aromatic heterocycles. The van der Waals surface area contributed by atoms with E-state index in [-0.39, 0.29) is 6.03 Å². The van der Waals surface area contributed by atoms with E-state index in [1.807, 2.05) is 43.3 Å². The molecule has 0 aliphatic rings. The van der Waals surface area contributed by atoms with Gasteiger partial charge in [0, 0.05) is 35.0 Å². The van der Waals surface area contributed by atoms with Gasteiger partial charge in [-0.15, -0.1) is 0 Å². The van der Waals surface area contributed by atoms with Crippen molar-refractivity contribution in [2.24, 2.45) is 7.05 Å². The Labute approximate surface area is 194 Å². The number of ether oxygens (including phenoxy) is 1. The van der Waals surface area contributed by atoms with Gasteiger partial charge >= 0.3 is 6.03 Å². The van der Waals surface area contributed by atoms with Crippen molar-refractivity contribution < 1.29 is 13.9 Å². The van der Waals surface area contributed by atoms with Crippen LogP contribution in [0.5, 0.6) is 5.75 Å². The average molecular weight is 537 g/mol. The second-order valence-electron chi connectivity index (χ2n) is 7.24. The maximum Gasteiger partial charge on any atom is 0.323 e. The lowest BCUT2D eigenvalue weighted by Gasteiger charge is -2.16. The number of aromatic nitrogens is 2. The van der Waals surface area contributed by atoms with Crippen LogP contribution in [-0.2, 0) is 11.5 Å². The number of hydrogen-bond donors (Lipinski definition) is 2. The van der Waals surface area contributed by atoms with E-state index >= 15 is 0 Å². The number of likely N-dealkylation sites (N-methyl/N-ethyl adjacent to an activating group) is 1. The quantitative estimate of drug-likeness (QED) is 0.322. The van der Waals surface area contributed by atoms with Gasteiger partial charge in [-0.25, -0.2) is 9.18 Å². The zero-order chi connectivity index (χ0) is 22.4. The van der Waals surface area contributed by atoms with Gasteiger partial charge in [0.05, 0.1) is 6.20 Å². The highest BCUT2D eigenvalue weighted by Gasteiger charge is 2.17. The molecule has 31 heavy (non-hydrogen) atoms. The highest BCUT2D eigenvalue weighted by Crippen LogP contribution is 2.34. The van der Waals surface area contributed by atoms with Gasteiger partial charge in [0.25, 0.3) is 0 Å². The van der Waals surface area contributed by atoms with Gasteiger partial charge in [0.2, 0.25) is 0 Å². The highest BCUT2D eigenvalue weighted by atomic mass is 127. The lowest BCUT2D eigenvalue weighted by atomic mass is 10.1. The number of nitrogens with one attached hydrogen (secondary N) is 2. The lowest BCUT2D eigenvalue weighted by molar-refractivity contribution is 0.261. The van der Waals surface area contributed by atoms with E-state index < -0.39 is 5.82 Å². The van der Waals surface area contributed by atoms with Crippen molar-refractivity contribution in [1.29, 1.82) is 0 Å². The van der Waals surface area contributed by atoms with Crippen LogP contribution in [0, 0.1) is 5.82 Å². The van der Waals surface area contributed by atoms with Gasteiger partial charge in [-0.1, -0.05) is 34.7 Å². The minimum absolute atomic E-state index is 0.290. The first kappa shape index (κ1) is 23.0. The Hall–Kier alpha value is -2.66. The van der Waals surface area contributed by atoms with Gasteiger partial charge in [0.15, 0.2) is 5.82 Å². The normalized spacial score (nSPS) is 10.9. The van der Waals surface area contributed by atoms with Crippen molar-refractivity contribution in [3.63, 3.8) is 0 Å². The van der Waals surface area contributed by atoms with Gasteiger partial charge in [-0.05, 0) is 50.0 Å². The molecule has 2 amide bonds. The molecular weight excluding hydrogens is 512 g/mol. The number of halogens is 2. The van der Waals surface area contributed by atoms with Crippen LogP contribution in [0.15, 0.2) is 48.7 Å². The standard InChI is InChI=1S/C22H25FIN5O2/c1-28(2)10-11-31-20-9-8-17(12-18(20)21-19(23)14-25-29(21)3)27-22(30)26-16-6-4-15(13-24)5-7-16/h4-9,12,14H,10-11,13H2,1-3H3,(H2,26,27,30). The zero-order valence-corrected chi connectivity index (χ0v) is 19.8. The Morgan fingerprint density at radius 3 is 2.45 bits per heavy atom. The molecule has 0 radical (unpaired) electrons. The Morgan fingerprint density at radius 1 is 1.16 bits per heavy atom. The topological polar surface area (TPSA) is 71.4 Å². The molecule has 0 bridgehead atoms. The molecule has 1 heterocycles. The summed E-state index contributed by atoms with van der Waals surface area (Å²) in [5.41, 5.74) is 3.18. The van der Waals surface area contributed by atoms with Crippen molar-refractivity contribution in [1.82, 2.24) is 14.7 Å². The SMILES string of the molecule is CN(C)CCOc1ccc(NC(=O)Nc2ccc(CI)cc2)cc1-c1c(F)cnn1C. The molecule has 0 aliphatic carbocycles. The first-order valence-corrected chi connectivity index (χ1v) is 11.2. The molecule has 7 nitrogen and oxygen atoms in total. The number of alkyl halides is 1. The maximum absolute atomic E-state index is 14.4. The lowest BCUT2D eigenvalue weighted by Crippen LogP contribution is -2.20. The summed E-state index contributed by atoms with van der Waals surface area (Å²) in [6.07, 6.45) is 1.16. The van der Waals surface area contributed by atoms with Crippen molar-refractivity contribution in [3.05, 3.63) is 60.0 Å². The van der Waals surface area contributed by atoms with Crippen LogP contribution in [0.4, 0.5) is 20.6 Å². The Morgan fingerprint density at radius 2 is 1.84 bits per heavy atom. The first-order valence-electron chi connectivity index (χ1n) is 9.69. The van der Waals surface area contributed by atoms with E-state index in [1.165, 1.54) is 10.2 Å². The van der Waals surface area contributed by atoms with Crippen LogP contribution in [0.3, 0.4) is 0 Å². The maximum atomic E-state index is 14.4. The molecule has 0 aliphatic heterocycles. The third-order valence-electron chi connectivity index (χ3n) is 4.55. The van der Waals surface area contributed by atoms with E-state index in [4.69, 9.17) is 4.74 Å². The highest BCUT2D eigenvalue weighted by molar-refractivity contribution is 14.1. The molecule has 0 saturated heterocycles. The molecule has 3 aromatic rings. The number of nitrogens with zero attached hydrogens (tertiary/aromatic N) is 3. The minimum atomic E-state index is -0.461. The molecule has 9 heteroatoms. The van der Waals surface area contributed by atoms with Gasteiger partial charge in [-0.2, -0.15) is 5.10 Å². The number of hydrogen-bond acceptors (Lipinski definition) is 4. The fourth-order valence-corrected chi connectivity index (χ4v) is 3.45. The molecule has 0 atom stereocenters. The summed E-state index contributed by atoms with van der Waals surface area (Å²) in [6.45, 7) is 1.16. The fraction of sp³-hybridized carbons (Fsp3) is 0.273. The largest absolute Gasteiger partial charge is 0.492 e. The smallest absolute Gasteiger partial charge is 0.323 e. The Bertz CT molecular complexity index is 1020. The monoisotopic (exact) mass is 537 g/mol. The van der Waals surface area contributed by atoms with Crippen molar-refractivity contribution in [2.75, 3.05) is 37.9 Å². The summed E-state index contributed by atoms with van der Waals surface area (Å²) in [6, 6.07) is 12.4. The second-order valence-corrected chi connectivity index (χ2v) is 8.00. The summed E-state index contributed by atoms with van der Waals surface area (Å²) in [5.74, 6) is 0.0570. The molecule has 0 saturated carbocycles. The summed E-state index contributed by atoms with van der Waals surface area (Å²) in [5, 5.41) is 9.57.